The van der Waals surface area contributed by atoms with Gasteiger partial charge in [-0.3, -0.25) is 19.3 Å². The van der Waals surface area contributed by atoms with Crippen LogP contribution in [0.15, 0.2) is 18.2 Å². The molecule has 2 rings (SSSR count). The lowest BCUT2D eigenvalue weighted by Crippen LogP contribution is -2.37. The number of halogens is 2. The summed E-state index contributed by atoms with van der Waals surface area (Å²) in [4.78, 5) is 48.5. The van der Waals surface area contributed by atoms with Crippen molar-refractivity contribution in [2.75, 3.05) is 32.1 Å². The summed E-state index contributed by atoms with van der Waals surface area (Å²) in [5.41, 5.74) is 0.314. The van der Waals surface area contributed by atoms with E-state index in [0.29, 0.717) is 10.7 Å². The number of rotatable bonds is 5. The number of hydrogen-bond donors (Lipinski definition) is 1. The third kappa shape index (κ3) is 4.36. The van der Waals surface area contributed by atoms with Gasteiger partial charge in [0, 0.05) is 12.1 Å². The molecule has 1 saturated heterocycles. The molecule has 1 heterocycles. The first-order valence-electron chi connectivity index (χ1n) is 6.74. The third-order valence-corrected chi connectivity index (χ3v) is 3.64. The topological polar surface area (TPSA) is 96.0 Å². The van der Waals surface area contributed by atoms with Gasteiger partial charge in [0.05, 0.1) is 10.7 Å². The number of anilines is 1. The van der Waals surface area contributed by atoms with E-state index >= 15 is 0 Å². The van der Waals surface area contributed by atoms with Crippen LogP contribution < -0.4 is 5.32 Å². The number of carbonyl (C=O) groups is 4. The summed E-state index contributed by atoms with van der Waals surface area (Å²) in [5, 5.41) is 3.09. The van der Waals surface area contributed by atoms with E-state index in [1.165, 1.54) is 30.1 Å². The first-order chi connectivity index (χ1) is 11.3. The van der Waals surface area contributed by atoms with Crippen LogP contribution in [0.5, 0.6) is 0 Å². The van der Waals surface area contributed by atoms with Crippen LogP contribution in [0.4, 0.5) is 10.5 Å². The molecule has 0 spiro atoms. The maximum Gasteiger partial charge on any atom is 0.327 e. The Labute approximate surface area is 147 Å². The molecule has 1 N–H and O–H groups in total. The zero-order chi connectivity index (χ0) is 17.9. The fraction of sp³-hybridized carbons (Fsp3) is 0.286. The molecule has 0 aliphatic carbocycles. The summed E-state index contributed by atoms with van der Waals surface area (Å²) in [6, 6.07) is 3.90. The number of nitrogens with zero attached hydrogens (tertiary/aromatic N) is 2. The Morgan fingerprint density at radius 3 is 2.58 bits per heavy atom. The molecule has 128 valence electrons. The van der Waals surface area contributed by atoms with Crippen molar-refractivity contribution in [1.82, 2.24) is 9.80 Å². The van der Waals surface area contributed by atoms with E-state index in [4.69, 9.17) is 27.9 Å². The van der Waals surface area contributed by atoms with Gasteiger partial charge < -0.3 is 15.0 Å². The van der Waals surface area contributed by atoms with Gasteiger partial charge >= 0.3 is 12.0 Å². The molecular formula is C14H13Cl2N3O5. The monoisotopic (exact) mass is 373 g/mol. The molecule has 8 nitrogen and oxygen atoms in total. The molecule has 1 fully saturated rings. The number of amides is 4. The van der Waals surface area contributed by atoms with Gasteiger partial charge in [0.25, 0.3) is 11.8 Å². The second-order valence-corrected chi connectivity index (χ2v) is 5.80. The third-order valence-electron chi connectivity index (χ3n) is 3.09. The van der Waals surface area contributed by atoms with Crippen LogP contribution in [0.25, 0.3) is 0 Å². The Balaban J connectivity index is 1.82. The number of nitrogens with one attached hydrogen (secondary N) is 1. The summed E-state index contributed by atoms with van der Waals surface area (Å²) < 4.78 is 4.75. The van der Waals surface area contributed by atoms with Crippen molar-refractivity contribution >= 4 is 52.7 Å². The normalized spacial score (nSPS) is 14.1. The molecule has 0 atom stereocenters. The van der Waals surface area contributed by atoms with Gasteiger partial charge in [0.15, 0.2) is 6.61 Å². The number of hydrogen-bond acceptors (Lipinski definition) is 5. The Morgan fingerprint density at radius 2 is 2.00 bits per heavy atom. The Morgan fingerprint density at radius 1 is 1.29 bits per heavy atom. The van der Waals surface area contributed by atoms with Crippen molar-refractivity contribution in [2.24, 2.45) is 0 Å². The minimum Gasteiger partial charge on any atom is -0.454 e. The quantitative estimate of drug-likeness (QED) is 0.620. The lowest BCUT2D eigenvalue weighted by Gasteiger charge is -2.13. The predicted molar refractivity (Wildman–Crippen MR) is 85.8 cm³/mol. The summed E-state index contributed by atoms with van der Waals surface area (Å²) in [6.07, 6.45) is 0. The van der Waals surface area contributed by atoms with E-state index < -0.39 is 37.0 Å². The lowest BCUT2D eigenvalue weighted by atomic mass is 10.3. The number of carbonyl (C=O) groups excluding carboxylic acids is 4. The zero-order valence-corrected chi connectivity index (χ0v) is 14.1. The van der Waals surface area contributed by atoms with Crippen LogP contribution >= 0.6 is 23.2 Å². The van der Waals surface area contributed by atoms with E-state index in [1.54, 1.807) is 0 Å². The SMILES string of the molecule is CN1CC(=O)N(CC(=O)OCC(=O)Nc2ccc(Cl)cc2Cl)C1=O. The van der Waals surface area contributed by atoms with Crippen LogP contribution in [0, 0.1) is 0 Å². The van der Waals surface area contributed by atoms with Crippen LogP contribution in [-0.4, -0.2) is 60.4 Å². The molecule has 10 heteroatoms. The van der Waals surface area contributed by atoms with E-state index in [-0.39, 0.29) is 11.6 Å². The molecule has 0 aromatic heterocycles. The van der Waals surface area contributed by atoms with Crippen molar-refractivity contribution in [3.8, 4) is 0 Å². The summed E-state index contributed by atoms with van der Waals surface area (Å²) in [5.74, 6) is -2.00. The van der Waals surface area contributed by atoms with E-state index in [1.807, 2.05) is 0 Å². The van der Waals surface area contributed by atoms with Crippen molar-refractivity contribution in [2.45, 2.75) is 0 Å². The number of ether oxygens (including phenoxy) is 1. The van der Waals surface area contributed by atoms with Crippen molar-refractivity contribution < 1.29 is 23.9 Å². The number of urea groups is 1. The van der Waals surface area contributed by atoms with Gasteiger partial charge in [-0.25, -0.2) is 4.79 Å². The first kappa shape index (κ1) is 18.0. The maximum atomic E-state index is 11.7. The highest BCUT2D eigenvalue weighted by molar-refractivity contribution is 6.36. The summed E-state index contributed by atoms with van der Waals surface area (Å²) >= 11 is 11.6. The van der Waals surface area contributed by atoms with Crippen LogP contribution in [0.2, 0.25) is 10.0 Å². The van der Waals surface area contributed by atoms with E-state index in [9.17, 15) is 19.2 Å². The van der Waals surface area contributed by atoms with Crippen LogP contribution in [0.3, 0.4) is 0 Å². The highest BCUT2D eigenvalue weighted by Crippen LogP contribution is 2.25. The summed E-state index contributed by atoms with van der Waals surface area (Å²) in [6.45, 7) is -1.22. The molecule has 1 aromatic rings. The predicted octanol–water partition coefficient (Wildman–Crippen LogP) is 1.37. The Kier molecular flexibility index (Phi) is 5.63. The van der Waals surface area contributed by atoms with E-state index in [0.717, 1.165) is 4.90 Å². The fourth-order valence-electron chi connectivity index (χ4n) is 1.92. The van der Waals surface area contributed by atoms with E-state index in [2.05, 4.69) is 5.32 Å². The minimum absolute atomic E-state index is 0.0956. The highest BCUT2D eigenvalue weighted by Gasteiger charge is 2.35. The molecule has 0 saturated carbocycles. The average molecular weight is 374 g/mol. The summed E-state index contributed by atoms with van der Waals surface area (Å²) in [7, 11) is 1.44. The molecule has 1 aliphatic heterocycles. The van der Waals surface area contributed by atoms with Gasteiger partial charge in [-0.1, -0.05) is 23.2 Å². The van der Waals surface area contributed by atoms with Crippen molar-refractivity contribution in [1.29, 1.82) is 0 Å². The molecular weight excluding hydrogens is 361 g/mol. The highest BCUT2D eigenvalue weighted by atomic mass is 35.5. The van der Waals surface area contributed by atoms with Crippen molar-refractivity contribution in [3.63, 3.8) is 0 Å². The zero-order valence-electron chi connectivity index (χ0n) is 12.5. The average Bonchev–Trinajstić information content (AvgIpc) is 2.74. The molecule has 0 bridgehead atoms. The van der Waals surface area contributed by atoms with Gasteiger partial charge in [-0.2, -0.15) is 0 Å². The molecule has 0 radical (unpaired) electrons. The fourth-order valence-corrected chi connectivity index (χ4v) is 2.38. The number of esters is 1. The van der Waals surface area contributed by atoms with Gasteiger partial charge in [0.1, 0.15) is 13.1 Å². The molecule has 4 amide bonds. The van der Waals surface area contributed by atoms with Gasteiger partial charge in [-0.05, 0) is 18.2 Å². The van der Waals surface area contributed by atoms with Gasteiger partial charge in [-0.15, -0.1) is 0 Å². The second-order valence-electron chi connectivity index (χ2n) is 4.95. The molecule has 0 unspecified atom stereocenters. The number of imide groups is 1. The maximum absolute atomic E-state index is 11.7. The Hall–Kier alpha value is -2.32. The number of benzene rings is 1. The second kappa shape index (κ2) is 7.50. The standard InChI is InChI=1S/C14H13Cl2N3O5/c1-18-5-12(21)19(14(18)23)6-13(22)24-7-11(20)17-10-3-2-8(15)4-9(10)16/h2-4H,5-7H2,1H3,(H,17,20). The van der Waals surface area contributed by atoms with Crippen LogP contribution in [-0.2, 0) is 19.1 Å². The molecule has 1 aliphatic rings. The molecule has 24 heavy (non-hydrogen) atoms. The Bertz CT molecular complexity index is 710. The van der Waals surface area contributed by atoms with Crippen LogP contribution in [0.1, 0.15) is 0 Å². The largest absolute Gasteiger partial charge is 0.454 e. The number of likely N-dealkylation sites (N-methyl/N-ethyl adjacent to an activating group) is 1. The smallest absolute Gasteiger partial charge is 0.327 e. The molecule has 1 aromatic carbocycles. The minimum atomic E-state index is -0.871. The first-order valence-corrected chi connectivity index (χ1v) is 7.49. The van der Waals surface area contributed by atoms with Gasteiger partial charge in [0.2, 0.25) is 0 Å². The van der Waals surface area contributed by atoms with Crippen molar-refractivity contribution in [3.05, 3.63) is 28.2 Å². The lowest BCUT2D eigenvalue weighted by molar-refractivity contribution is -0.149.